The van der Waals surface area contributed by atoms with Crippen molar-refractivity contribution >= 4 is 21.7 Å². The second-order valence-electron chi connectivity index (χ2n) is 4.82. The lowest BCUT2D eigenvalue weighted by Gasteiger charge is -2.08. The Morgan fingerprint density at radius 2 is 1.89 bits per heavy atom. The monoisotopic (exact) mass is 303 g/mol. The number of nitrogens with zero attached hydrogens (tertiary/aromatic N) is 2. The Hall–Kier alpha value is -1.42. The summed E-state index contributed by atoms with van der Waals surface area (Å²) in [6.07, 6.45) is 1.16. The van der Waals surface area contributed by atoms with Crippen molar-refractivity contribution in [1.29, 1.82) is 0 Å². The first kappa shape index (κ1) is 11.7. The summed E-state index contributed by atoms with van der Waals surface area (Å²) in [6, 6.07) is 10.1. The van der Waals surface area contributed by atoms with E-state index in [1.807, 2.05) is 30.3 Å². The van der Waals surface area contributed by atoms with Crippen LogP contribution in [0.3, 0.4) is 0 Å². The van der Waals surface area contributed by atoms with Crippen molar-refractivity contribution in [2.45, 2.75) is 19.3 Å². The Morgan fingerprint density at radius 3 is 2.50 bits per heavy atom. The molecule has 2 aromatic rings. The van der Waals surface area contributed by atoms with Crippen LogP contribution in [0.2, 0.25) is 0 Å². The lowest BCUT2D eigenvalue weighted by molar-refractivity contribution is 0.845. The van der Waals surface area contributed by atoms with Crippen LogP contribution >= 0.6 is 15.9 Å². The SMILES string of the molecule is CC1CC1c1nc(N)c(Br)c(-c2ccccc2)n1. The molecular weight excluding hydrogens is 290 g/mol. The van der Waals surface area contributed by atoms with Crippen LogP contribution in [0.25, 0.3) is 11.3 Å². The van der Waals surface area contributed by atoms with Gasteiger partial charge in [0, 0.05) is 11.5 Å². The van der Waals surface area contributed by atoms with Gasteiger partial charge in [-0.15, -0.1) is 0 Å². The maximum atomic E-state index is 5.97. The molecule has 1 fully saturated rings. The normalized spacial score (nSPS) is 21.9. The number of benzene rings is 1. The maximum Gasteiger partial charge on any atom is 0.142 e. The van der Waals surface area contributed by atoms with E-state index < -0.39 is 0 Å². The van der Waals surface area contributed by atoms with E-state index in [1.54, 1.807) is 0 Å². The van der Waals surface area contributed by atoms with Gasteiger partial charge in [0.25, 0.3) is 0 Å². The highest BCUT2D eigenvalue weighted by Crippen LogP contribution is 2.46. The number of aromatic nitrogens is 2. The minimum absolute atomic E-state index is 0.475. The van der Waals surface area contributed by atoms with Crippen molar-refractivity contribution in [3.8, 4) is 11.3 Å². The molecule has 0 saturated heterocycles. The maximum absolute atomic E-state index is 5.97. The minimum Gasteiger partial charge on any atom is -0.383 e. The highest BCUT2D eigenvalue weighted by molar-refractivity contribution is 9.10. The Morgan fingerprint density at radius 1 is 1.22 bits per heavy atom. The largest absolute Gasteiger partial charge is 0.383 e. The molecule has 1 heterocycles. The first-order valence-corrected chi connectivity index (χ1v) is 6.84. The van der Waals surface area contributed by atoms with E-state index in [-0.39, 0.29) is 0 Å². The van der Waals surface area contributed by atoms with Crippen LogP contribution in [0, 0.1) is 5.92 Å². The molecular formula is C14H14BrN3. The first-order chi connectivity index (χ1) is 8.66. The standard InChI is InChI=1S/C14H14BrN3/c1-8-7-10(8)14-17-12(11(15)13(16)18-14)9-5-3-2-4-6-9/h2-6,8,10H,7H2,1H3,(H2,16,17,18). The summed E-state index contributed by atoms with van der Waals surface area (Å²) in [4.78, 5) is 9.07. The van der Waals surface area contributed by atoms with Gasteiger partial charge in [-0.1, -0.05) is 37.3 Å². The van der Waals surface area contributed by atoms with Gasteiger partial charge in [-0.2, -0.15) is 0 Å². The molecule has 1 saturated carbocycles. The van der Waals surface area contributed by atoms with E-state index in [0.29, 0.717) is 17.7 Å². The predicted octanol–water partition coefficient (Wildman–Crippen LogP) is 3.61. The average molecular weight is 304 g/mol. The molecule has 2 atom stereocenters. The third-order valence-electron chi connectivity index (χ3n) is 3.38. The van der Waals surface area contributed by atoms with Crippen LogP contribution in [0.15, 0.2) is 34.8 Å². The summed E-state index contributed by atoms with van der Waals surface area (Å²) >= 11 is 3.49. The summed E-state index contributed by atoms with van der Waals surface area (Å²) in [5.74, 6) is 2.55. The van der Waals surface area contributed by atoms with Crippen LogP contribution in [0.1, 0.15) is 25.1 Å². The van der Waals surface area contributed by atoms with E-state index in [0.717, 1.165) is 28.0 Å². The molecule has 2 N–H and O–H groups in total. The molecule has 1 aromatic heterocycles. The number of hydrogen-bond acceptors (Lipinski definition) is 3. The average Bonchev–Trinajstić information content (AvgIpc) is 3.11. The zero-order valence-electron chi connectivity index (χ0n) is 10.1. The van der Waals surface area contributed by atoms with Crippen molar-refractivity contribution in [3.63, 3.8) is 0 Å². The summed E-state index contributed by atoms with van der Waals surface area (Å²) in [5, 5.41) is 0. The fourth-order valence-corrected chi connectivity index (χ4v) is 2.52. The quantitative estimate of drug-likeness (QED) is 0.922. The van der Waals surface area contributed by atoms with Crippen molar-refractivity contribution in [1.82, 2.24) is 9.97 Å². The molecule has 92 valence electrons. The third kappa shape index (κ3) is 2.01. The van der Waals surface area contributed by atoms with Crippen LogP contribution < -0.4 is 5.73 Å². The predicted molar refractivity (Wildman–Crippen MR) is 76.1 cm³/mol. The fourth-order valence-electron chi connectivity index (χ4n) is 2.12. The van der Waals surface area contributed by atoms with Crippen LogP contribution in [-0.2, 0) is 0 Å². The summed E-state index contributed by atoms with van der Waals surface area (Å²) in [6.45, 7) is 2.22. The van der Waals surface area contributed by atoms with Crippen molar-refractivity contribution < 1.29 is 0 Å². The van der Waals surface area contributed by atoms with Gasteiger partial charge in [0.15, 0.2) is 0 Å². The van der Waals surface area contributed by atoms with Gasteiger partial charge in [0.1, 0.15) is 11.6 Å². The molecule has 1 aliphatic carbocycles. The smallest absolute Gasteiger partial charge is 0.142 e. The molecule has 1 aliphatic rings. The molecule has 0 radical (unpaired) electrons. The van der Waals surface area contributed by atoms with E-state index in [4.69, 9.17) is 5.73 Å². The van der Waals surface area contributed by atoms with Gasteiger partial charge in [0.2, 0.25) is 0 Å². The molecule has 18 heavy (non-hydrogen) atoms. The van der Waals surface area contributed by atoms with Gasteiger partial charge in [-0.25, -0.2) is 9.97 Å². The van der Waals surface area contributed by atoms with Crippen LogP contribution in [-0.4, -0.2) is 9.97 Å². The van der Waals surface area contributed by atoms with Gasteiger partial charge >= 0.3 is 0 Å². The summed E-state index contributed by atoms with van der Waals surface area (Å²) in [5.41, 5.74) is 7.92. The summed E-state index contributed by atoms with van der Waals surface area (Å²) in [7, 11) is 0. The van der Waals surface area contributed by atoms with Gasteiger partial charge in [-0.05, 0) is 28.3 Å². The number of anilines is 1. The van der Waals surface area contributed by atoms with Gasteiger partial charge in [-0.3, -0.25) is 0 Å². The number of nitrogen functional groups attached to an aromatic ring is 1. The molecule has 0 bridgehead atoms. The second kappa shape index (κ2) is 4.35. The zero-order valence-corrected chi connectivity index (χ0v) is 11.7. The van der Waals surface area contributed by atoms with Crippen LogP contribution in [0.4, 0.5) is 5.82 Å². The number of rotatable bonds is 2. The Labute approximate surface area is 115 Å². The number of nitrogens with two attached hydrogens (primary N) is 1. The van der Waals surface area contributed by atoms with E-state index in [9.17, 15) is 0 Å². The number of halogens is 1. The van der Waals surface area contributed by atoms with Gasteiger partial charge in [0.05, 0.1) is 10.2 Å². The lowest BCUT2D eigenvalue weighted by atomic mass is 10.1. The highest BCUT2D eigenvalue weighted by atomic mass is 79.9. The molecule has 4 heteroatoms. The molecule has 0 spiro atoms. The Bertz CT molecular complexity index is 583. The number of hydrogen-bond donors (Lipinski definition) is 1. The molecule has 2 unspecified atom stereocenters. The van der Waals surface area contributed by atoms with E-state index in [1.165, 1.54) is 0 Å². The van der Waals surface area contributed by atoms with Gasteiger partial charge < -0.3 is 5.73 Å². The Kier molecular flexibility index (Phi) is 2.82. The lowest BCUT2D eigenvalue weighted by Crippen LogP contribution is -2.02. The van der Waals surface area contributed by atoms with E-state index in [2.05, 4.69) is 32.8 Å². The van der Waals surface area contributed by atoms with Crippen molar-refractivity contribution in [3.05, 3.63) is 40.6 Å². The zero-order chi connectivity index (χ0) is 12.7. The molecule has 3 nitrogen and oxygen atoms in total. The van der Waals surface area contributed by atoms with E-state index >= 15 is 0 Å². The molecule has 0 aliphatic heterocycles. The fraction of sp³-hybridized carbons (Fsp3) is 0.286. The Balaban J connectivity index is 2.11. The molecule has 0 amide bonds. The van der Waals surface area contributed by atoms with Crippen LogP contribution in [0.5, 0.6) is 0 Å². The minimum atomic E-state index is 0.475. The summed E-state index contributed by atoms with van der Waals surface area (Å²) < 4.78 is 0.783. The second-order valence-corrected chi connectivity index (χ2v) is 5.61. The van der Waals surface area contributed by atoms with Crippen molar-refractivity contribution in [2.24, 2.45) is 5.92 Å². The third-order valence-corrected chi connectivity index (χ3v) is 4.16. The molecule has 1 aromatic carbocycles. The highest BCUT2D eigenvalue weighted by Gasteiger charge is 2.37. The topological polar surface area (TPSA) is 51.8 Å². The molecule has 3 rings (SSSR count). The first-order valence-electron chi connectivity index (χ1n) is 6.05. The van der Waals surface area contributed by atoms with Crippen molar-refractivity contribution in [2.75, 3.05) is 5.73 Å².